The Balaban J connectivity index is 2.48. The molecule has 3 heteroatoms. The van der Waals surface area contributed by atoms with Crippen LogP contribution in [0, 0.1) is 0 Å². The van der Waals surface area contributed by atoms with Crippen molar-refractivity contribution in [3.63, 3.8) is 0 Å². The molecule has 0 spiro atoms. The average molecular weight is 219 g/mol. The molecular formula is C7H7BrOS. The van der Waals surface area contributed by atoms with E-state index in [1.165, 1.54) is 0 Å². The van der Waals surface area contributed by atoms with Crippen LogP contribution in [0.25, 0.3) is 0 Å². The summed E-state index contributed by atoms with van der Waals surface area (Å²) in [6.45, 7) is 0. The molecule has 1 aromatic heterocycles. The zero-order valence-electron chi connectivity index (χ0n) is 5.34. The fraction of sp³-hybridized carbons (Fsp3) is 0.286. The van der Waals surface area contributed by atoms with Gasteiger partial charge in [0.2, 0.25) is 0 Å². The second kappa shape index (κ2) is 3.88. The molecule has 0 aromatic carbocycles. The van der Waals surface area contributed by atoms with Crippen LogP contribution in [0.3, 0.4) is 0 Å². The molecular weight excluding hydrogens is 212 g/mol. The van der Waals surface area contributed by atoms with Gasteiger partial charge in [0.15, 0.2) is 0 Å². The van der Waals surface area contributed by atoms with Crippen LogP contribution in [0.15, 0.2) is 16.8 Å². The summed E-state index contributed by atoms with van der Waals surface area (Å²) in [4.78, 5) is 10.8. The zero-order chi connectivity index (χ0) is 7.40. The molecule has 1 rings (SSSR count). The molecule has 0 amide bonds. The first kappa shape index (κ1) is 7.95. The van der Waals surface area contributed by atoms with Crippen LogP contribution in [0.2, 0.25) is 0 Å². The SMILES string of the molecule is O=C(CBr)Cc1ccsc1. The van der Waals surface area contributed by atoms with E-state index in [0.717, 1.165) is 5.56 Å². The second-order valence-electron chi connectivity index (χ2n) is 1.98. The molecule has 0 atom stereocenters. The number of rotatable bonds is 3. The summed E-state index contributed by atoms with van der Waals surface area (Å²) in [6, 6.07) is 1.98. The van der Waals surface area contributed by atoms with E-state index in [-0.39, 0.29) is 5.78 Å². The van der Waals surface area contributed by atoms with Gasteiger partial charge in [0, 0.05) is 6.42 Å². The van der Waals surface area contributed by atoms with Crippen LogP contribution < -0.4 is 0 Å². The first-order valence-corrected chi connectivity index (χ1v) is 4.98. The molecule has 1 heterocycles. The monoisotopic (exact) mass is 218 g/mol. The normalized spacial score (nSPS) is 9.70. The summed E-state index contributed by atoms with van der Waals surface area (Å²) in [5.41, 5.74) is 1.12. The number of thiophene rings is 1. The summed E-state index contributed by atoms with van der Waals surface area (Å²) >= 11 is 4.74. The Hall–Kier alpha value is -0.150. The van der Waals surface area contributed by atoms with Crippen LogP contribution in [0.5, 0.6) is 0 Å². The molecule has 0 N–H and O–H groups in total. The van der Waals surface area contributed by atoms with Gasteiger partial charge in [-0.1, -0.05) is 15.9 Å². The number of ketones is 1. The zero-order valence-corrected chi connectivity index (χ0v) is 7.74. The van der Waals surface area contributed by atoms with E-state index >= 15 is 0 Å². The van der Waals surface area contributed by atoms with E-state index in [4.69, 9.17) is 0 Å². The minimum atomic E-state index is 0.235. The summed E-state index contributed by atoms with van der Waals surface area (Å²) in [5, 5.41) is 4.44. The van der Waals surface area contributed by atoms with Gasteiger partial charge in [-0.15, -0.1) is 0 Å². The molecule has 0 saturated heterocycles. The molecule has 1 nitrogen and oxygen atoms in total. The number of carbonyl (C=O) groups is 1. The van der Waals surface area contributed by atoms with Crippen molar-refractivity contribution < 1.29 is 4.79 Å². The van der Waals surface area contributed by atoms with Gasteiger partial charge in [-0.25, -0.2) is 0 Å². The molecule has 1 aromatic rings. The third kappa shape index (κ3) is 2.23. The molecule has 0 saturated carbocycles. The lowest BCUT2D eigenvalue weighted by atomic mass is 10.2. The molecule has 54 valence electrons. The fourth-order valence-electron chi connectivity index (χ4n) is 0.668. The van der Waals surface area contributed by atoms with Crippen molar-refractivity contribution in [1.82, 2.24) is 0 Å². The third-order valence-corrected chi connectivity index (χ3v) is 2.49. The van der Waals surface area contributed by atoms with Crippen molar-refractivity contribution in [3.8, 4) is 0 Å². The maximum absolute atomic E-state index is 10.8. The Morgan fingerprint density at radius 2 is 2.50 bits per heavy atom. The number of alkyl halides is 1. The van der Waals surface area contributed by atoms with E-state index in [9.17, 15) is 4.79 Å². The fourth-order valence-corrected chi connectivity index (χ4v) is 1.54. The number of hydrogen-bond donors (Lipinski definition) is 0. The summed E-state index contributed by atoms with van der Waals surface area (Å²) in [5.74, 6) is 0.235. The molecule has 0 aliphatic rings. The van der Waals surface area contributed by atoms with E-state index < -0.39 is 0 Å². The number of hydrogen-bond acceptors (Lipinski definition) is 2. The van der Waals surface area contributed by atoms with Crippen molar-refractivity contribution in [2.24, 2.45) is 0 Å². The highest BCUT2D eigenvalue weighted by Gasteiger charge is 2.00. The lowest BCUT2D eigenvalue weighted by molar-refractivity contribution is -0.115. The lowest BCUT2D eigenvalue weighted by Gasteiger charge is -1.90. The van der Waals surface area contributed by atoms with Crippen molar-refractivity contribution in [1.29, 1.82) is 0 Å². The maximum atomic E-state index is 10.8. The van der Waals surface area contributed by atoms with Gasteiger partial charge < -0.3 is 0 Å². The minimum Gasteiger partial charge on any atom is -0.298 e. The molecule has 0 aliphatic carbocycles. The Labute approximate surface area is 72.2 Å². The van der Waals surface area contributed by atoms with Gasteiger partial charge in [-0.05, 0) is 22.4 Å². The Morgan fingerprint density at radius 1 is 1.70 bits per heavy atom. The van der Waals surface area contributed by atoms with Crippen LogP contribution >= 0.6 is 27.3 Å². The van der Waals surface area contributed by atoms with Crippen LogP contribution in [-0.2, 0) is 11.2 Å². The highest BCUT2D eigenvalue weighted by Crippen LogP contribution is 2.07. The van der Waals surface area contributed by atoms with E-state index in [0.29, 0.717) is 11.8 Å². The molecule has 10 heavy (non-hydrogen) atoms. The summed E-state index contributed by atoms with van der Waals surface area (Å²) in [6.07, 6.45) is 0.564. The Bertz CT molecular complexity index is 205. The highest BCUT2D eigenvalue weighted by molar-refractivity contribution is 9.09. The Kier molecular flexibility index (Phi) is 3.09. The van der Waals surface area contributed by atoms with Crippen LogP contribution in [-0.4, -0.2) is 11.1 Å². The van der Waals surface area contributed by atoms with Crippen molar-refractivity contribution >= 4 is 33.0 Å². The second-order valence-corrected chi connectivity index (χ2v) is 3.32. The predicted molar refractivity (Wildman–Crippen MR) is 46.8 cm³/mol. The largest absolute Gasteiger partial charge is 0.298 e. The van der Waals surface area contributed by atoms with E-state index in [1.54, 1.807) is 11.3 Å². The van der Waals surface area contributed by atoms with Gasteiger partial charge in [0.25, 0.3) is 0 Å². The standard InChI is InChI=1S/C7H7BrOS/c8-4-7(9)3-6-1-2-10-5-6/h1-2,5H,3-4H2. The predicted octanol–water partition coefficient (Wildman–Crippen LogP) is 2.25. The molecule has 0 unspecified atom stereocenters. The maximum Gasteiger partial charge on any atom is 0.147 e. The number of carbonyl (C=O) groups excluding carboxylic acids is 1. The third-order valence-electron chi connectivity index (χ3n) is 1.13. The quantitative estimate of drug-likeness (QED) is 0.712. The molecule has 0 bridgehead atoms. The number of Topliss-reactive ketones (excluding diaryl/α,β-unsaturated/α-hetero) is 1. The van der Waals surface area contributed by atoms with Gasteiger partial charge in [0.1, 0.15) is 5.78 Å². The highest BCUT2D eigenvalue weighted by atomic mass is 79.9. The Morgan fingerprint density at radius 3 is 3.00 bits per heavy atom. The lowest BCUT2D eigenvalue weighted by Crippen LogP contribution is -2.01. The van der Waals surface area contributed by atoms with Gasteiger partial charge in [-0.3, -0.25) is 4.79 Å². The average Bonchev–Trinajstić information content (AvgIpc) is 2.40. The summed E-state index contributed by atoms with van der Waals surface area (Å²) < 4.78 is 0. The van der Waals surface area contributed by atoms with E-state index in [1.807, 2.05) is 16.8 Å². The van der Waals surface area contributed by atoms with Crippen LogP contribution in [0.4, 0.5) is 0 Å². The van der Waals surface area contributed by atoms with Gasteiger partial charge >= 0.3 is 0 Å². The van der Waals surface area contributed by atoms with Crippen molar-refractivity contribution in [3.05, 3.63) is 22.4 Å². The topological polar surface area (TPSA) is 17.1 Å². The van der Waals surface area contributed by atoms with Crippen molar-refractivity contribution in [2.75, 3.05) is 5.33 Å². The molecule has 0 fully saturated rings. The molecule has 0 aliphatic heterocycles. The molecule has 0 radical (unpaired) electrons. The minimum absolute atomic E-state index is 0.235. The van der Waals surface area contributed by atoms with Gasteiger partial charge in [-0.2, -0.15) is 11.3 Å². The first-order chi connectivity index (χ1) is 4.83. The summed E-state index contributed by atoms with van der Waals surface area (Å²) in [7, 11) is 0. The number of halogens is 1. The smallest absolute Gasteiger partial charge is 0.147 e. The van der Waals surface area contributed by atoms with Gasteiger partial charge in [0.05, 0.1) is 5.33 Å². The first-order valence-electron chi connectivity index (χ1n) is 2.91. The van der Waals surface area contributed by atoms with Crippen molar-refractivity contribution in [2.45, 2.75) is 6.42 Å². The van der Waals surface area contributed by atoms with E-state index in [2.05, 4.69) is 15.9 Å². The van der Waals surface area contributed by atoms with Crippen LogP contribution in [0.1, 0.15) is 5.56 Å².